The first-order chi connectivity index (χ1) is 12.7. The quantitative estimate of drug-likeness (QED) is 0.389. The highest BCUT2D eigenvalue weighted by atomic mass is 79.9. The Morgan fingerprint density at radius 2 is 1.42 bits per heavy atom. The normalized spacial score (nSPS) is 29.9. The molecular formula is C24H34BrF. The minimum atomic E-state index is -0.212. The van der Waals surface area contributed by atoms with E-state index in [0.717, 1.165) is 23.7 Å². The van der Waals surface area contributed by atoms with Gasteiger partial charge in [0.2, 0.25) is 0 Å². The SMILES string of the molecule is FCC/C=C/[C@H]1CC[C@H](CCC2CCC(c3ccc(Br)cc3)CC2)CC1. The number of allylic oxidation sites excluding steroid dienone is 2. The Bertz CT molecular complexity index is 534. The van der Waals surface area contributed by atoms with E-state index in [0.29, 0.717) is 6.42 Å². The van der Waals surface area contributed by atoms with E-state index in [2.05, 4.69) is 52.3 Å². The Morgan fingerprint density at radius 1 is 0.846 bits per heavy atom. The number of benzene rings is 1. The van der Waals surface area contributed by atoms with Crippen LogP contribution in [0.15, 0.2) is 40.9 Å². The number of alkyl halides is 1. The summed E-state index contributed by atoms with van der Waals surface area (Å²) in [5, 5.41) is 0. The monoisotopic (exact) mass is 420 g/mol. The molecule has 2 fully saturated rings. The van der Waals surface area contributed by atoms with Crippen LogP contribution in [0.4, 0.5) is 4.39 Å². The van der Waals surface area contributed by atoms with Gasteiger partial charge in [-0.3, -0.25) is 4.39 Å². The molecule has 0 aliphatic heterocycles. The lowest BCUT2D eigenvalue weighted by molar-refractivity contribution is 0.246. The van der Waals surface area contributed by atoms with Gasteiger partial charge in [0, 0.05) is 4.47 Å². The zero-order chi connectivity index (χ0) is 18.2. The molecule has 0 saturated heterocycles. The molecule has 1 aromatic rings. The maximum absolute atomic E-state index is 12.2. The molecule has 0 N–H and O–H groups in total. The minimum absolute atomic E-state index is 0.212. The lowest BCUT2D eigenvalue weighted by Crippen LogP contribution is -2.17. The Kier molecular flexibility index (Phi) is 8.23. The van der Waals surface area contributed by atoms with Crippen molar-refractivity contribution in [3.8, 4) is 0 Å². The van der Waals surface area contributed by atoms with Crippen LogP contribution in [0.3, 0.4) is 0 Å². The molecule has 0 aromatic heterocycles. The predicted molar refractivity (Wildman–Crippen MR) is 113 cm³/mol. The topological polar surface area (TPSA) is 0 Å². The molecule has 2 heteroatoms. The van der Waals surface area contributed by atoms with Gasteiger partial charge in [-0.2, -0.15) is 0 Å². The molecule has 1 aromatic carbocycles. The van der Waals surface area contributed by atoms with Crippen LogP contribution in [-0.2, 0) is 0 Å². The predicted octanol–water partition coefficient (Wildman–Crippen LogP) is 8.23. The Morgan fingerprint density at radius 3 is 2.00 bits per heavy atom. The van der Waals surface area contributed by atoms with E-state index in [9.17, 15) is 4.39 Å². The lowest BCUT2D eigenvalue weighted by Gasteiger charge is -2.31. The highest BCUT2D eigenvalue weighted by Crippen LogP contribution is 2.40. The number of halogens is 2. The largest absolute Gasteiger partial charge is 0.251 e. The zero-order valence-corrected chi connectivity index (χ0v) is 17.6. The molecule has 26 heavy (non-hydrogen) atoms. The number of rotatable bonds is 7. The summed E-state index contributed by atoms with van der Waals surface area (Å²) in [5.74, 6) is 3.42. The third-order valence-electron chi connectivity index (χ3n) is 6.75. The van der Waals surface area contributed by atoms with E-state index in [1.807, 2.05) is 0 Å². The molecule has 0 spiro atoms. The van der Waals surface area contributed by atoms with Crippen LogP contribution in [0.5, 0.6) is 0 Å². The zero-order valence-electron chi connectivity index (χ0n) is 16.0. The first kappa shape index (κ1) is 20.1. The van der Waals surface area contributed by atoms with Crippen LogP contribution >= 0.6 is 15.9 Å². The third kappa shape index (κ3) is 6.22. The van der Waals surface area contributed by atoms with Gasteiger partial charge in [-0.15, -0.1) is 0 Å². The van der Waals surface area contributed by atoms with E-state index >= 15 is 0 Å². The Labute approximate surface area is 167 Å². The molecule has 0 nitrogen and oxygen atoms in total. The molecule has 0 heterocycles. The maximum atomic E-state index is 12.2. The van der Waals surface area contributed by atoms with E-state index in [-0.39, 0.29) is 6.67 Å². The number of hydrogen-bond donors (Lipinski definition) is 0. The third-order valence-corrected chi connectivity index (χ3v) is 7.28. The van der Waals surface area contributed by atoms with Crippen molar-refractivity contribution in [2.75, 3.05) is 6.67 Å². The highest BCUT2D eigenvalue weighted by Gasteiger charge is 2.24. The summed E-state index contributed by atoms with van der Waals surface area (Å²) in [5.41, 5.74) is 1.53. The smallest absolute Gasteiger partial charge is 0.0928 e. The van der Waals surface area contributed by atoms with Crippen molar-refractivity contribution in [1.82, 2.24) is 0 Å². The first-order valence-electron chi connectivity index (χ1n) is 10.7. The summed E-state index contributed by atoms with van der Waals surface area (Å²) in [6.45, 7) is -0.212. The summed E-state index contributed by atoms with van der Waals surface area (Å²) < 4.78 is 13.4. The van der Waals surface area contributed by atoms with E-state index in [4.69, 9.17) is 0 Å². The average Bonchev–Trinajstić information content (AvgIpc) is 2.69. The van der Waals surface area contributed by atoms with Gasteiger partial charge in [0.05, 0.1) is 6.67 Å². The first-order valence-corrected chi connectivity index (χ1v) is 11.5. The van der Waals surface area contributed by atoms with Crippen molar-refractivity contribution >= 4 is 15.9 Å². The van der Waals surface area contributed by atoms with Crippen LogP contribution in [-0.4, -0.2) is 6.67 Å². The molecule has 0 radical (unpaired) electrons. The fourth-order valence-corrected chi connectivity index (χ4v) is 5.28. The fourth-order valence-electron chi connectivity index (χ4n) is 5.01. The summed E-state index contributed by atoms with van der Waals surface area (Å²) in [6.07, 6.45) is 18.8. The molecule has 2 aliphatic carbocycles. The van der Waals surface area contributed by atoms with E-state index in [1.54, 1.807) is 0 Å². The second-order valence-corrected chi connectivity index (χ2v) is 9.45. The summed E-state index contributed by atoms with van der Waals surface area (Å²) in [4.78, 5) is 0. The minimum Gasteiger partial charge on any atom is -0.251 e. The second kappa shape index (κ2) is 10.6. The van der Waals surface area contributed by atoms with Crippen molar-refractivity contribution in [3.63, 3.8) is 0 Å². The van der Waals surface area contributed by atoms with E-state index in [1.165, 1.54) is 74.2 Å². The van der Waals surface area contributed by atoms with Crippen LogP contribution in [0, 0.1) is 17.8 Å². The van der Waals surface area contributed by atoms with Crippen LogP contribution in [0.1, 0.15) is 82.1 Å². The van der Waals surface area contributed by atoms with Crippen LogP contribution < -0.4 is 0 Å². The molecule has 0 bridgehead atoms. The van der Waals surface area contributed by atoms with Gasteiger partial charge in [0.25, 0.3) is 0 Å². The van der Waals surface area contributed by atoms with Gasteiger partial charge < -0.3 is 0 Å². The van der Waals surface area contributed by atoms with Gasteiger partial charge in [-0.05, 0) is 99.2 Å². The van der Waals surface area contributed by atoms with Gasteiger partial charge in [0.1, 0.15) is 0 Å². The maximum Gasteiger partial charge on any atom is 0.0928 e. The molecule has 2 saturated carbocycles. The standard InChI is InChI=1S/C24H34BrF/c25-24-16-14-23(15-17-24)22-12-10-21(11-13-22)9-8-20-6-4-19(5-7-20)3-1-2-18-26/h1,3,14-17,19-22H,2,4-13,18H2/b3-1+/t19-,20-,21?,22?. The van der Waals surface area contributed by atoms with Gasteiger partial charge in [-0.25, -0.2) is 0 Å². The summed E-state index contributed by atoms with van der Waals surface area (Å²) in [7, 11) is 0. The summed E-state index contributed by atoms with van der Waals surface area (Å²) >= 11 is 3.54. The van der Waals surface area contributed by atoms with Crippen molar-refractivity contribution in [3.05, 3.63) is 46.5 Å². The average molecular weight is 421 g/mol. The Hall–Kier alpha value is -0.630. The molecule has 2 aliphatic rings. The fraction of sp³-hybridized carbons (Fsp3) is 0.667. The summed E-state index contributed by atoms with van der Waals surface area (Å²) in [6, 6.07) is 8.97. The van der Waals surface area contributed by atoms with Gasteiger partial charge in [-0.1, -0.05) is 53.1 Å². The van der Waals surface area contributed by atoms with Crippen molar-refractivity contribution in [2.45, 2.75) is 76.5 Å². The number of hydrogen-bond acceptors (Lipinski definition) is 0. The van der Waals surface area contributed by atoms with Crippen LogP contribution in [0.2, 0.25) is 0 Å². The lowest BCUT2D eigenvalue weighted by atomic mass is 9.74. The molecule has 0 atom stereocenters. The Balaban J connectivity index is 1.32. The van der Waals surface area contributed by atoms with Crippen LogP contribution in [0.25, 0.3) is 0 Å². The highest BCUT2D eigenvalue weighted by molar-refractivity contribution is 9.10. The molecule has 0 unspecified atom stereocenters. The van der Waals surface area contributed by atoms with Gasteiger partial charge in [0.15, 0.2) is 0 Å². The molecule has 144 valence electrons. The molecule has 0 amide bonds. The van der Waals surface area contributed by atoms with Crippen molar-refractivity contribution in [2.24, 2.45) is 17.8 Å². The van der Waals surface area contributed by atoms with E-state index < -0.39 is 0 Å². The second-order valence-electron chi connectivity index (χ2n) is 8.53. The van der Waals surface area contributed by atoms with Crippen molar-refractivity contribution < 1.29 is 4.39 Å². The molecular weight excluding hydrogens is 387 g/mol. The molecule has 3 rings (SSSR count). The van der Waals surface area contributed by atoms with Gasteiger partial charge >= 0.3 is 0 Å². The van der Waals surface area contributed by atoms with Crippen molar-refractivity contribution in [1.29, 1.82) is 0 Å².